The fourth-order valence-corrected chi connectivity index (χ4v) is 1.72. The lowest BCUT2D eigenvalue weighted by Crippen LogP contribution is -2.05. The van der Waals surface area contributed by atoms with Crippen molar-refractivity contribution >= 4 is 17.3 Å². The summed E-state index contributed by atoms with van der Waals surface area (Å²) in [5.41, 5.74) is 8.13. The van der Waals surface area contributed by atoms with E-state index in [1.807, 2.05) is 19.1 Å². The van der Waals surface area contributed by atoms with Gasteiger partial charge in [0.05, 0.1) is 0 Å². The minimum atomic E-state index is -0.0944. The van der Waals surface area contributed by atoms with Crippen LogP contribution in [0.15, 0.2) is 42.5 Å². The van der Waals surface area contributed by atoms with Crippen LogP contribution in [0, 0.1) is 6.92 Å². The van der Waals surface area contributed by atoms with Crippen molar-refractivity contribution in [3.8, 4) is 11.5 Å². The SMILES string of the molecule is CC(=O)Nc1ccc(Oc2ccc(N)cc2C)cc1. The number of rotatable bonds is 3. The highest BCUT2D eigenvalue weighted by atomic mass is 16.5. The largest absolute Gasteiger partial charge is 0.457 e. The maximum absolute atomic E-state index is 10.9. The van der Waals surface area contributed by atoms with Gasteiger partial charge >= 0.3 is 0 Å². The van der Waals surface area contributed by atoms with Gasteiger partial charge < -0.3 is 15.8 Å². The van der Waals surface area contributed by atoms with E-state index in [1.54, 1.807) is 30.3 Å². The molecule has 0 spiro atoms. The summed E-state index contributed by atoms with van der Waals surface area (Å²) in [5, 5.41) is 2.70. The molecule has 0 unspecified atom stereocenters. The molecule has 2 aromatic rings. The van der Waals surface area contributed by atoms with E-state index < -0.39 is 0 Å². The minimum Gasteiger partial charge on any atom is -0.457 e. The summed E-state index contributed by atoms with van der Waals surface area (Å²) in [5.74, 6) is 1.38. The molecular weight excluding hydrogens is 240 g/mol. The number of hydrogen-bond donors (Lipinski definition) is 2. The molecule has 0 saturated heterocycles. The number of nitrogens with one attached hydrogen (secondary N) is 1. The summed E-state index contributed by atoms with van der Waals surface area (Å²) in [6, 6.07) is 12.7. The van der Waals surface area contributed by atoms with Gasteiger partial charge in [-0.05, 0) is 55.0 Å². The summed E-state index contributed by atoms with van der Waals surface area (Å²) in [6.07, 6.45) is 0. The van der Waals surface area contributed by atoms with Crippen LogP contribution in [-0.2, 0) is 4.79 Å². The fourth-order valence-electron chi connectivity index (χ4n) is 1.72. The third-order valence-corrected chi connectivity index (χ3v) is 2.60. The lowest BCUT2D eigenvalue weighted by Gasteiger charge is -2.10. The molecule has 2 rings (SSSR count). The second-order valence-corrected chi connectivity index (χ2v) is 4.33. The van der Waals surface area contributed by atoms with Gasteiger partial charge in [0.25, 0.3) is 0 Å². The van der Waals surface area contributed by atoms with Crippen LogP contribution in [-0.4, -0.2) is 5.91 Å². The van der Waals surface area contributed by atoms with Crippen LogP contribution in [0.25, 0.3) is 0 Å². The van der Waals surface area contributed by atoms with E-state index >= 15 is 0 Å². The number of ether oxygens (including phenoxy) is 1. The highest BCUT2D eigenvalue weighted by molar-refractivity contribution is 5.88. The summed E-state index contributed by atoms with van der Waals surface area (Å²) >= 11 is 0. The van der Waals surface area contributed by atoms with E-state index in [2.05, 4.69) is 5.32 Å². The van der Waals surface area contributed by atoms with Crippen molar-refractivity contribution in [3.63, 3.8) is 0 Å². The van der Waals surface area contributed by atoms with Gasteiger partial charge in [0.2, 0.25) is 5.91 Å². The topological polar surface area (TPSA) is 64.3 Å². The molecule has 2 aromatic carbocycles. The van der Waals surface area contributed by atoms with Crippen LogP contribution in [0.5, 0.6) is 11.5 Å². The van der Waals surface area contributed by atoms with Crippen LogP contribution in [0.3, 0.4) is 0 Å². The number of nitrogen functional groups attached to an aromatic ring is 1. The van der Waals surface area contributed by atoms with Gasteiger partial charge in [-0.25, -0.2) is 0 Å². The van der Waals surface area contributed by atoms with Crippen molar-refractivity contribution in [2.75, 3.05) is 11.1 Å². The molecule has 0 aromatic heterocycles. The Bertz CT molecular complexity index is 592. The molecule has 4 nitrogen and oxygen atoms in total. The first-order chi connectivity index (χ1) is 9.04. The van der Waals surface area contributed by atoms with E-state index in [0.29, 0.717) is 11.4 Å². The van der Waals surface area contributed by atoms with Gasteiger partial charge in [-0.15, -0.1) is 0 Å². The maximum atomic E-state index is 10.9. The lowest BCUT2D eigenvalue weighted by atomic mass is 10.2. The Hall–Kier alpha value is -2.49. The first-order valence-electron chi connectivity index (χ1n) is 5.96. The summed E-state index contributed by atoms with van der Waals surface area (Å²) in [6.45, 7) is 3.42. The number of hydrogen-bond acceptors (Lipinski definition) is 3. The van der Waals surface area contributed by atoms with E-state index in [9.17, 15) is 4.79 Å². The predicted octanol–water partition coefficient (Wildman–Crippen LogP) is 3.33. The summed E-state index contributed by atoms with van der Waals surface area (Å²) < 4.78 is 5.76. The van der Waals surface area contributed by atoms with Crippen molar-refractivity contribution < 1.29 is 9.53 Å². The van der Waals surface area contributed by atoms with Gasteiger partial charge in [-0.3, -0.25) is 4.79 Å². The molecule has 98 valence electrons. The molecule has 0 aliphatic heterocycles. The van der Waals surface area contributed by atoms with Crippen LogP contribution in [0.1, 0.15) is 12.5 Å². The van der Waals surface area contributed by atoms with Crippen molar-refractivity contribution in [1.29, 1.82) is 0 Å². The van der Waals surface area contributed by atoms with Crippen LogP contribution in [0.2, 0.25) is 0 Å². The molecule has 19 heavy (non-hydrogen) atoms. The molecule has 0 bridgehead atoms. The van der Waals surface area contributed by atoms with Crippen molar-refractivity contribution in [2.45, 2.75) is 13.8 Å². The number of amides is 1. The number of carbonyl (C=O) groups is 1. The normalized spacial score (nSPS) is 10.0. The van der Waals surface area contributed by atoms with Crippen molar-refractivity contribution in [1.82, 2.24) is 0 Å². The van der Waals surface area contributed by atoms with Crippen LogP contribution >= 0.6 is 0 Å². The van der Waals surface area contributed by atoms with E-state index in [0.717, 1.165) is 17.0 Å². The minimum absolute atomic E-state index is 0.0944. The maximum Gasteiger partial charge on any atom is 0.221 e. The summed E-state index contributed by atoms with van der Waals surface area (Å²) in [7, 11) is 0. The molecule has 0 atom stereocenters. The van der Waals surface area contributed by atoms with Crippen molar-refractivity contribution in [3.05, 3.63) is 48.0 Å². The van der Waals surface area contributed by atoms with Gasteiger partial charge in [-0.2, -0.15) is 0 Å². The molecule has 4 heteroatoms. The molecule has 1 amide bonds. The molecule has 0 fully saturated rings. The highest BCUT2D eigenvalue weighted by Gasteiger charge is 2.02. The Morgan fingerprint density at radius 1 is 1.16 bits per heavy atom. The Morgan fingerprint density at radius 3 is 2.42 bits per heavy atom. The van der Waals surface area contributed by atoms with Crippen LogP contribution < -0.4 is 15.8 Å². The highest BCUT2D eigenvalue weighted by Crippen LogP contribution is 2.27. The molecule has 3 N–H and O–H groups in total. The third kappa shape index (κ3) is 3.48. The zero-order valence-electron chi connectivity index (χ0n) is 10.9. The first-order valence-corrected chi connectivity index (χ1v) is 5.96. The number of benzene rings is 2. The molecule has 0 saturated carbocycles. The standard InChI is InChI=1S/C15H16N2O2/c1-10-9-12(16)3-8-15(10)19-14-6-4-13(5-7-14)17-11(2)18/h3-9H,16H2,1-2H3,(H,17,18). The van der Waals surface area contributed by atoms with Crippen molar-refractivity contribution in [2.24, 2.45) is 0 Å². The number of aryl methyl sites for hydroxylation is 1. The Kier molecular flexibility index (Phi) is 3.71. The number of nitrogens with two attached hydrogens (primary N) is 1. The third-order valence-electron chi connectivity index (χ3n) is 2.60. The Labute approximate surface area is 112 Å². The van der Waals surface area contributed by atoms with E-state index in [4.69, 9.17) is 10.5 Å². The molecule has 0 aliphatic rings. The number of anilines is 2. The lowest BCUT2D eigenvalue weighted by molar-refractivity contribution is -0.114. The van der Waals surface area contributed by atoms with E-state index in [1.165, 1.54) is 6.92 Å². The molecule has 0 aliphatic carbocycles. The zero-order chi connectivity index (χ0) is 13.8. The van der Waals surface area contributed by atoms with Gasteiger partial charge in [0, 0.05) is 18.3 Å². The monoisotopic (exact) mass is 256 g/mol. The number of carbonyl (C=O) groups excluding carboxylic acids is 1. The molecule has 0 heterocycles. The van der Waals surface area contributed by atoms with Gasteiger partial charge in [-0.1, -0.05) is 0 Å². The van der Waals surface area contributed by atoms with Gasteiger partial charge in [0.1, 0.15) is 11.5 Å². The van der Waals surface area contributed by atoms with Crippen LogP contribution in [0.4, 0.5) is 11.4 Å². The average Bonchev–Trinajstić information content (AvgIpc) is 2.34. The first kappa shape index (κ1) is 13.0. The Morgan fingerprint density at radius 2 is 1.84 bits per heavy atom. The predicted molar refractivity (Wildman–Crippen MR) is 76.4 cm³/mol. The van der Waals surface area contributed by atoms with E-state index in [-0.39, 0.29) is 5.91 Å². The molecule has 0 radical (unpaired) electrons. The smallest absolute Gasteiger partial charge is 0.221 e. The second-order valence-electron chi connectivity index (χ2n) is 4.33. The quantitative estimate of drug-likeness (QED) is 0.828. The second kappa shape index (κ2) is 5.44. The molecular formula is C15H16N2O2. The summed E-state index contributed by atoms with van der Waals surface area (Å²) in [4.78, 5) is 10.9. The average molecular weight is 256 g/mol. The zero-order valence-corrected chi connectivity index (χ0v) is 10.9. The fraction of sp³-hybridized carbons (Fsp3) is 0.133. The van der Waals surface area contributed by atoms with Gasteiger partial charge in [0.15, 0.2) is 0 Å². The Balaban J connectivity index is 2.13.